The number of alkyl halides is 1. The number of halogens is 1. The molecule has 0 aliphatic rings. The van der Waals surface area contributed by atoms with Gasteiger partial charge in [0.25, 0.3) is 0 Å². The molecule has 5 heteroatoms. The Kier molecular flexibility index (Phi) is 3.03. The Labute approximate surface area is 116 Å². The van der Waals surface area contributed by atoms with Crippen molar-refractivity contribution in [2.24, 2.45) is 7.05 Å². The van der Waals surface area contributed by atoms with Gasteiger partial charge in [-0.15, -0.1) is 11.6 Å². The van der Waals surface area contributed by atoms with E-state index >= 15 is 0 Å². The highest BCUT2D eigenvalue weighted by molar-refractivity contribution is 6.20. The van der Waals surface area contributed by atoms with Crippen LogP contribution in [0.15, 0.2) is 36.7 Å². The molecule has 3 rings (SSSR count). The van der Waals surface area contributed by atoms with Crippen molar-refractivity contribution in [3.63, 3.8) is 0 Å². The zero-order valence-electron chi connectivity index (χ0n) is 10.9. The molecule has 0 bridgehead atoms. The fourth-order valence-corrected chi connectivity index (χ4v) is 2.34. The van der Waals surface area contributed by atoms with Crippen LogP contribution in [0.1, 0.15) is 23.6 Å². The summed E-state index contributed by atoms with van der Waals surface area (Å²) >= 11 is 6.05. The minimum absolute atomic E-state index is 0.0192. The second kappa shape index (κ2) is 4.70. The molecule has 0 fully saturated rings. The number of fused-ring (bicyclic) bond motifs is 1. The lowest BCUT2D eigenvalue weighted by atomic mass is 10.2. The minimum Gasteiger partial charge on any atom is -0.268 e. The molecule has 2 heterocycles. The molecule has 0 spiro atoms. The molecule has 0 aliphatic heterocycles. The molecule has 0 amide bonds. The number of para-hydroxylation sites is 1. The Balaban J connectivity index is 1.96. The van der Waals surface area contributed by atoms with Crippen molar-refractivity contribution in [1.29, 1.82) is 0 Å². The van der Waals surface area contributed by atoms with Gasteiger partial charge in [-0.3, -0.25) is 9.36 Å². The van der Waals surface area contributed by atoms with Crippen molar-refractivity contribution in [2.45, 2.75) is 18.8 Å². The quantitative estimate of drug-likeness (QED) is 0.688. The van der Waals surface area contributed by atoms with E-state index in [4.69, 9.17) is 11.6 Å². The van der Waals surface area contributed by atoms with E-state index < -0.39 is 0 Å². The van der Waals surface area contributed by atoms with Gasteiger partial charge < -0.3 is 0 Å². The molecular formula is C14H15ClN4. The summed E-state index contributed by atoms with van der Waals surface area (Å²) in [5, 5.41) is 10.0. The van der Waals surface area contributed by atoms with Crippen molar-refractivity contribution in [3.05, 3.63) is 47.9 Å². The van der Waals surface area contributed by atoms with Crippen molar-refractivity contribution in [1.82, 2.24) is 19.6 Å². The SMILES string of the molecule is CC(Cl)c1cnn(Cc2nn(C)c3ccccc23)c1. The number of aryl methyl sites for hydroxylation is 1. The largest absolute Gasteiger partial charge is 0.268 e. The van der Waals surface area contributed by atoms with E-state index in [1.54, 1.807) is 0 Å². The van der Waals surface area contributed by atoms with Crippen molar-refractivity contribution in [3.8, 4) is 0 Å². The van der Waals surface area contributed by atoms with Crippen LogP contribution in [0.4, 0.5) is 0 Å². The van der Waals surface area contributed by atoms with Gasteiger partial charge in [0, 0.05) is 24.2 Å². The summed E-state index contributed by atoms with van der Waals surface area (Å²) < 4.78 is 3.78. The topological polar surface area (TPSA) is 35.6 Å². The Morgan fingerprint density at radius 3 is 2.84 bits per heavy atom. The van der Waals surface area contributed by atoms with Crippen LogP contribution in [0.5, 0.6) is 0 Å². The first-order chi connectivity index (χ1) is 9.15. The smallest absolute Gasteiger partial charge is 0.0918 e. The number of aromatic nitrogens is 4. The standard InChI is InChI=1S/C14H15ClN4/c1-10(15)11-7-16-19(8-11)9-13-12-5-3-4-6-14(12)18(2)17-13/h3-8,10H,9H2,1-2H3. The molecule has 1 atom stereocenters. The zero-order valence-corrected chi connectivity index (χ0v) is 11.7. The number of nitrogens with zero attached hydrogens (tertiary/aromatic N) is 4. The monoisotopic (exact) mass is 274 g/mol. The summed E-state index contributed by atoms with van der Waals surface area (Å²) in [6, 6.07) is 8.21. The molecule has 0 N–H and O–H groups in total. The third-order valence-corrected chi connectivity index (χ3v) is 3.51. The van der Waals surface area contributed by atoms with Gasteiger partial charge in [0.05, 0.1) is 29.3 Å². The van der Waals surface area contributed by atoms with Gasteiger partial charge in [-0.2, -0.15) is 10.2 Å². The fourth-order valence-electron chi connectivity index (χ4n) is 2.23. The van der Waals surface area contributed by atoms with E-state index in [1.165, 1.54) is 5.39 Å². The van der Waals surface area contributed by atoms with E-state index in [-0.39, 0.29) is 5.38 Å². The molecule has 0 aliphatic carbocycles. The van der Waals surface area contributed by atoms with Crippen LogP contribution < -0.4 is 0 Å². The maximum absolute atomic E-state index is 6.05. The van der Waals surface area contributed by atoms with Crippen molar-refractivity contribution < 1.29 is 0 Å². The molecule has 19 heavy (non-hydrogen) atoms. The maximum atomic E-state index is 6.05. The Morgan fingerprint density at radius 2 is 2.11 bits per heavy atom. The zero-order chi connectivity index (χ0) is 13.4. The molecule has 1 aromatic carbocycles. The van der Waals surface area contributed by atoms with Gasteiger partial charge in [0.15, 0.2) is 0 Å². The van der Waals surface area contributed by atoms with E-state index in [9.17, 15) is 0 Å². The van der Waals surface area contributed by atoms with Gasteiger partial charge >= 0.3 is 0 Å². The average Bonchev–Trinajstić information content (AvgIpc) is 2.97. The van der Waals surface area contributed by atoms with Gasteiger partial charge in [0.2, 0.25) is 0 Å². The van der Waals surface area contributed by atoms with Crippen LogP contribution >= 0.6 is 11.6 Å². The highest BCUT2D eigenvalue weighted by Gasteiger charge is 2.10. The van der Waals surface area contributed by atoms with Crippen LogP contribution in [-0.2, 0) is 13.6 Å². The predicted octanol–water partition coefficient (Wildman–Crippen LogP) is 3.12. The van der Waals surface area contributed by atoms with Crippen LogP contribution in [0.2, 0.25) is 0 Å². The average molecular weight is 275 g/mol. The van der Waals surface area contributed by atoms with Gasteiger partial charge in [-0.25, -0.2) is 0 Å². The lowest BCUT2D eigenvalue weighted by molar-refractivity contribution is 0.655. The van der Waals surface area contributed by atoms with E-state index in [1.807, 2.05) is 47.9 Å². The molecule has 0 saturated carbocycles. The van der Waals surface area contributed by atoms with Crippen LogP contribution in [0.25, 0.3) is 10.9 Å². The van der Waals surface area contributed by atoms with Gasteiger partial charge in [0.1, 0.15) is 0 Å². The third kappa shape index (κ3) is 2.24. The normalized spacial score (nSPS) is 13.0. The van der Waals surface area contributed by atoms with Crippen molar-refractivity contribution in [2.75, 3.05) is 0 Å². The first-order valence-electron chi connectivity index (χ1n) is 6.22. The summed E-state index contributed by atoms with van der Waals surface area (Å²) in [5.41, 5.74) is 3.19. The summed E-state index contributed by atoms with van der Waals surface area (Å²) in [6.07, 6.45) is 3.78. The van der Waals surface area contributed by atoms with Crippen LogP contribution in [0.3, 0.4) is 0 Å². The summed E-state index contributed by atoms with van der Waals surface area (Å²) in [7, 11) is 1.96. The highest BCUT2D eigenvalue weighted by atomic mass is 35.5. The summed E-state index contributed by atoms with van der Waals surface area (Å²) in [4.78, 5) is 0. The fraction of sp³-hybridized carbons (Fsp3) is 0.286. The second-order valence-corrected chi connectivity index (χ2v) is 5.33. The Morgan fingerprint density at radius 1 is 1.32 bits per heavy atom. The molecule has 4 nitrogen and oxygen atoms in total. The molecule has 0 radical (unpaired) electrons. The number of benzene rings is 1. The minimum atomic E-state index is -0.0192. The van der Waals surface area contributed by atoms with E-state index in [0.29, 0.717) is 6.54 Å². The van der Waals surface area contributed by atoms with Gasteiger partial charge in [-0.05, 0) is 13.0 Å². The van der Waals surface area contributed by atoms with Crippen molar-refractivity contribution >= 4 is 22.5 Å². The summed E-state index contributed by atoms with van der Waals surface area (Å²) in [6.45, 7) is 2.60. The number of hydrogen-bond donors (Lipinski definition) is 0. The molecule has 0 saturated heterocycles. The molecule has 2 aromatic heterocycles. The van der Waals surface area contributed by atoms with Crippen LogP contribution in [-0.4, -0.2) is 19.6 Å². The first-order valence-corrected chi connectivity index (χ1v) is 6.66. The predicted molar refractivity (Wildman–Crippen MR) is 76.3 cm³/mol. The third-order valence-electron chi connectivity index (χ3n) is 3.26. The molecule has 1 unspecified atom stereocenters. The van der Waals surface area contributed by atoms with Crippen LogP contribution in [0, 0.1) is 0 Å². The van der Waals surface area contributed by atoms with E-state index in [2.05, 4.69) is 22.3 Å². The number of rotatable bonds is 3. The highest BCUT2D eigenvalue weighted by Crippen LogP contribution is 2.20. The van der Waals surface area contributed by atoms with E-state index in [0.717, 1.165) is 16.8 Å². The molecule has 3 aromatic rings. The van der Waals surface area contributed by atoms with Gasteiger partial charge in [-0.1, -0.05) is 18.2 Å². The lowest BCUT2D eigenvalue weighted by Gasteiger charge is -1.99. The molecular weight excluding hydrogens is 260 g/mol. The first kappa shape index (κ1) is 12.2. The Hall–Kier alpha value is -1.81. The maximum Gasteiger partial charge on any atom is 0.0918 e. The molecule has 98 valence electrons. The lowest BCUT2D eigenvalue weighted by Crippen LogP contribution is -2.01. The second-order valence-electron chi connectivity index (χ2n) is 4.67. The number of hydrogen-bond acceptors (Lipinski definition) is 2. The summed E-state index contributed by atoms with van der Waals surface area (Å²) in [5.74, 6) is 0. The Bertz CT molecular complexity index is 711.